The summed E-state index contributed by atoms with van der Waals surface area (Å²) in [6.45, 7) is 8.71. The minimum Gasteiger partial charge on any atom is -0.492 e. The van der Waals surface area contributed by atoms with Crippen molar-refractivity contribution in [1.29, 1.82) is 0 Å². The fraction of sp³-hybridized carbons (Fsp3) is 0.435. The molecular formula is C23H33IN4O2. The predicted molar refractivity (Wildman–Crippen MR) is 133 cm³/mol. The number of nitrogens with one attached hydrogen (secondary N) is 2. The Balaban J connectivity index is 0.00000320. The lowest BCUT2D eigenvalue weighted by molar-refractivity contribution is 0.0322. The van der Waals surface area contributed by atoms with E-state index in [0.717, 1.165) is 56.7 Å². The van der Waals surface area contributed by atoms with Crippen molar-refractivity contribution in [2.24, 2.45) is 4.99 Å². The number of halogens is 1. The summed E-state index contributed by atoms with van der Waals surface area (Å²) >= 11 is 0. The van der Waals surface area contributed by atoms with Gasteiger partial charge in [0.05, 0.1) is 13.2 Å². The largest absolute Gasteiger partial charge is 0.492 e. The summed E-state index contributed by atoms with van der Waals surface area (Å²) in [7, 11) is 1.79. The third-order valence-electron chi connectivity index (χ3n) is 5.12. The van der Waals surface area contributed by atoms with E-state index < -0.39 is 0 Å². The molecule has 0 bridgehead atoms. The molecule has 0 atom stereocenters. The van der Waals surface area contributed by atoms with Crippen LogP contribution in [0.4, 0.5) is 0 Å². The van der Waals surface area contributed by atoms with Crippen LogP contribution >= 0.6 is 24.0 Å². The lowest BCUT2D eigenvalue weighted by Crippen LogP contribution is -2.38. The van der Waals surface area contributed by atoms with Crippen LogP contribution in [0.3, 0.4) is 0 Å². The first-order chi connectivity index (χ1) is 14.3. The summed E-state index contributed by atoms with van der Waals surface area (Å²) in [5, 5.41) is 6.77. The van der Waals surface area contributed by atoms with Crippen molar-refractivity contribution in [3.63, 3.8) is 0 Å². The van der Waals surface area contributed by atoms with Crippen LogP contribution in [0.25, 0.3) is 0 Å². The molecule has 3 rings (SSSR count). The molecule has 2 N–H and O–H groups in total. The summed E-state index contributed by atoms with van der Waals surface area (Å²) in [5.41, 5.74) is 3.66. The molecule has 1 fully saturated rings. The summed E-state index contributed by atoms with van der Waals surface area (Å²) < 4.78 is 11.5. The monoisotopic (exact) mass is 524 g/mol. The highest BCUT2D eigenvalue weighted by Crippen LogP contribution is 2.17. The molecule has 6 nitrogen and oxygen atoms in total. The van der Waals surface area contributed by atoms with Gasteiger partial charge < -0.3 is 20.1 Å². The molecule has 1 aliphatic rings. The molecule has 2 aromatic rings. The maximum absolute atomic E-state index is 6.07. The van der Waals surface area contributed by atoms with E-state index >= 15 is 0 Å². The first-order valence-electron chi connectivity index (χ1n) is 10.3. The van der Waals surface area contributed by atoms with Crippen LogP contribution in [0.1, 0.15) is 16.7 Å². The Morgan fingerprint density at radius 3 is 2.33 bits per heavy atom. The molecule has 1 saturated heterocycles. The molecule has 1 heterocycles. The van der Waals surface area contributed by atoms with E-state index in [1.165, 1.54) is 11.1 Å². The maximum Gasteiger partial charge on any atom is 0.191 e. The second kappa shape index (κ2) is 13.5. The molecule has 0 spiro atoms. The van der Waals surface area contributed by atoms with Gasteiger partial charge in [-0.1, -0.05) is 42.5 Å². The SMILES string of the molecule is CN=C(NCc1ccccc1C)NCc1ccccc1OCCN1CCOCC1.I. The van der Waals surface area contributed by atoms with Crippen LogP contribution in [0.15, 0.2) is 53.5 Å². The minimum absolute atomic E-state index is 0. The number of para-hydroxylation sites is 1. The number of rotatable bonds is 8. The average Bonchev–Trinajstić information content (AvgIpc) is 2.76. The Labute approximate surface area is 197 Å². The van der Waals surface area contributed by atoms with Crippen LogP contribution in [0, 0.1) is 6.92 Å². The smallest absolute Gasteiger partial charge is 0.191 e. The summed E-state index contributed by atoms with van der Waals surface area (Å²) in [4.78, 5) is 6.71. The zero-order valence-electron chi connectivity index (χ0n) is 17.9. The Kier molecular flexibility index (Phi) is 11.0. The third kappa shape index (κ3) is 7.77. The lowest BCUT2D eigenvalue weighted by atomic mass is 10.1. The summed E-state index contributed by atoms with van der Waals surface area (Å²) in [6.07, 6.45) is 0. The van der Waals surface area contributed by atoms with Gasteiger partial charge in [-0.05, 0) is 24.1 Å². The van der Waals surface area contributed by atoms with Crippen molar-refractivity contribution in [2.75, 3.05) is 46.5 Å². The van der Waals surface area contributed by atoms with Gasteiger partial charge in [-0.25, -0.2) is 0 Å². The molecule has 0 aliphatic carbocycles. The van der Waals surface area contributed by atoms with Crippen molar-refractivity contribution >= 4 is 29.9 Å². The van der Waals surface area contributed by atoms with Gasteiger partial charge in [-0.3, -0.25) is 9.89 Å². The standard InChI is InChI=1S/C23H32N4O2.HI/c1-19-7-3-4-8-20(19)17-25-23(24-2)26-18-21-9-5-6-10-22(21)29-16-13-27-11-14-28-15-12-27;/h3-10H,11-18H2,1-2H3,(H2,24,25,26);1H. The number of hydrogen-bond acceptors (Lipinski definition) is 4. The van der Waals surface area contributed by atoms with E-state index in [1.54, 1.807) is 7.05 Å². The molecular weight excluding hydrogens is 491 g/mol. The van der Waals surface area contributed by atoms with E-state index in [-0.39, 0.29) is 24.0 Å². The maximum atomic E-state index is 6.07. The number of aliphatic imine (C=N–C) groups is 1. The number of ether oxygens (including phenoxy) is 2. The highest BCUT2D eigenvalue weighted by atomic mass is 127. The van der Waals surface area contributed by atoms with Crippen LogP contribution in [-0.4, -0.2) is 57.4 Å². The van der Waals surface area contributed by atoms with Crippen LogP contribution in [0.5, 0.6) is 5.75 Å². The molecule has 2 aromatic carbocycles. The van der Waals surface area contributed by atoms with Crippen molar-refractivity contribution in [3.05, 3.63) is 65.2 Å². The van der Waals surface area contributed by atoms with Gasteiger partial charge in [-0.15, -0.1) is 24.0 Å². The number of nitrogens with zero attached hydrogens (tertiary/aromatic N) is 2. The molecule has 1 aliphatic heterocycles. The average molecular weight is 524 g/mol. The van der Waals surface area contributed by atoms with Crippen molar-refractivity contribution < 1.29 is 9.47 Å². The van der Waals surface area contributed by atoms with Crippen molar-refractivity contribution in [3.8, 4) is 5.75 Å². The first kappa shape index (κ1) is 24.4. The number of benzene rings is 2. The highest BCUT2D eigenvalue weighted by Gasteiger charge is 2.11. The van der Waals surface area contributed by atoms with Gasteiger partial charge in [0.15, 0.2) is 5.96 Å². The zero-order chi connectivity index (χ0) is 20.3. The predicted octanol–water partition coefficient (Wildman–Crippen LogP) is 3.19. The van der Waals surface area contributed by atoms with E-state index in [0.29, 0.717) is 13.2 Å². The number of hydrogen-bond donors (Lipinski definition) is 2. The summed E-state index contributed by atoms with van der Waals surface area (Å²) in [5.74, 6) is 1.69. The molecule has 0 saturated carbocycles. The Morgan fingerprint density at radius 2 is 1.63 bits per heavy atom. The quantitative estimate of drug-likeness (QED) is 0.316. The van der Waals surface area contributed by atoms with Crippen LogP contribution < -0.4 is 15.4 Å². The third-order valence-corrected chi connectivity index (χ3v) is 5.12. The Hall–Kier alpha value is -1.84. The fourth-order valence-corrected chi connectivity index (χ4v) is 3.29. The van der Waals surface area contributed by atoms with Gasteiger partial charge in [0.25, 0.3) is 0 Å². The normalized spacial score (nSPS) is 14.7. The van der Waals surface area contributed by atoms with E-state index in [9.17, 15) is 0 Å². The van der Waals surface area contributed by atoms with Gasteiger partial charge in [0.1, 0.15) is 12.4 Å². The first-order valence-corrected chi connectivity index (χ1v) is 10.3. The molecule has 0 amide bonds. The molecule has 164 valence electrons. The number of morpholine rings is 1. The fourth-order valence-electron chi connectivity index (χ4n) is 3.29. The van der Waals surface area contributed by atoms with Crippen molar-refractivity contribution in [2.45, 2.75) is 20.0 Å². The zero-order valence-corrected chi connectivity index (χ0v) is 20.2. The molecule has 7 heteroatoms. The lowest BCUT2D eigenvalue weighted by Gasteiger charge is -2.26. The van der Waals surface area contributed by atoms with Crippen LogP contribution in [-0.2, 0) is 17.8 Å². The van der Waals surface area contributed by atoms with Gasteiger partial charge in [0, 0.05) is 45.3 Å². The molecule has 0 unspecified atom stereocenters. The van der Waals surface area contributed by atoms with Gasteiger partial charge >= 0.3 is 0 Å². The number of guanidine groups is 1. The van der Waals surface area contributed by atoms with E-state index in [4.69, 9.17) is 9.47 Å². The molecule has 30 heavy (non-hydrogen) atoms. The van der Waals surface area contributed by atoms with Gasteiger partial charge in [-0.2, -0.15) is 0 Å². The topological polar surface area (TPSA) is 58.1 Å². The van der Waals surface area contributed by atoms with E-state index in [2.05, 4.69) is 57.8 Å². The highest BCUT2D eigenvalue weighted by molar-refractivity contribution is 14.0. The van der Waals surface area contributed by atoms with Gasteiger partial charge in [0.2, 0.25) is 0 Å². The Morgan fingerprint density at radius 1 is 1.00 bits per heavy atom. The minimum atomic E-state index is 0. The van der Waals surface area contributed by atoms with E-state index in [1.807, 2.05) is 18.2 Å². The Bertz CT molecular complexity index is 794. The molecule has 0 aromatic heterocycles. The van der Waals surface area contributed by atoms with Crippen molar-refractivity contribution in [1.82, 2.24) is 15.5 Å². The molecule has 0 radical (unpaired) electrons. The summed E-state index contributed by atoms with van der Waals surface area (Å²) in [6, 6.07) is 16.5. The van der Waals surface area contributed by atoms with Crippen LogP contribution in [0.2, 0.25) is 0 Å². The second-order valence-electron chi connectivity index (χ2n) is 7.12. The second-order valence-corrected chi connectivity index (χ2v) is 7.12. The number of aryl methyl sites for hydroxylation is 1.